The van der Waals surface area contributed by atoms with Crippen molar-refractivity contribution in [1.29, 1.82) is 0 Å². The molecule has 4 rings (SSSR count). The molecule has 122 valence electrons. The van der Waals surface area contributed by atoms with Gasteiger partial charge in [0.1, 0.15) is 0 Å². The Hall–Kier alpha value is -2.29. The summed E-state index contributed by atoms with van der Waals surface area (Å²) in [6, 6.07) is 8.55. The van der Waals surface area contributed by atoms with E-state index >= 15 is 0 Å². The Labute approximate surface area is 146 Å². The van der Waals surface area contributed by atoms with E-state index in [-0.39, 0.29) is 0 Å². The van der Waals surface area contributed by atoms with E-state index < -0.39 is 0 Å². The number of aryl methyl sites for hydroxylation is 1. The van der Waals surface area contributed by atoms with E-state index in [1.807, 2.05) is 11.6 Å². The maximum atomic E-state index is 4.39. The van der Waals surface area contributed by atoms with E-state index in [1.54, 1.807) is 11.3 Å². The van der Waals surface area contributed by atoms with E-state index in [2.05, 4.69) is 68.7 Å². The Kier molecular flexibility index (Phi) is 4.24. The second-order valence-corrected chi connectivity index (χ2v) is 6.95. The molecule has 3 aromatic rings. The number of fused-ring (bicyclic) bond motifs is 1. The number of thiazole rings is 1. The molecule has 0 N–H and O–H groups in total. The molecule has 1 aliphatic heterocycles. The van der Waals surface area contributed by atoms with Crippen LogP contribution in [0.2, 0.25) is 0 Å². The Morgan fingerprint density at radius 3 is 2.83 bits per heavy atom. The van der Waals surface area contributed by atoms with Crippen LogP contribution in [0.25, 0.3) is 10.9 Å². The zero-order valence-corrected chi connectivity index (χ0v) is 14.6. The van der Waals surface area contributed by atoms with Gasteiger partial charge in [0, 0.05) is 62.1 Å². The first-order chi connectivity index (χ1) is 11.8. The Balaban J connectivity index is 1.35. The molecule has 0 spiro atoms. The van der Waals surface area contributed by atoms with Gasteiger partial charge < -0.3 is 9.47 Å². The summed E-state index contributed by atoms with van der Waals surface area (Å²) in [6.45, 7) is 4.99. The molecule has 1 aromatic carbocycles. The summed E-state index contributed by atoms with van der Waals surface area (Å²) in [6.07, 6.45) is 3.96. The number of hydrogen-bond acceptors (Lipinski definition) is 4. The fourth-order valence-electron chi connectivity index (χ4n) is 3.06. The van der Waals surface area contributed by atoms with Crippen LogP contribution in [-0.2, 0) is 7.05 Å². The molecule has 1 fully saturated rings. The highest BCUT2D eigenvalue weighted by Crippen LogP contribution is 2.19. The molecule has 0 atom stereocenters. The van der Waals surface area contributed by atoms with E-state index in [4.69, 9.17) is 0 Å². The molecule has 24 heavy (non-hydrogen) atoms. The minimum absolute atomic E-state index is 0.830. The lowest BCUT2D eigenvalue weighted by Crippen LogP contribution is -2.46. The number of piperazine rings is 1. The van der Waals surface area contributed by atoms with Gasteiger partial charge in [0.25, 0.3) is 0 Å². The van der Waals surface area contributed by atoms with Gasteiger partial charge in [-0.15, -0.1) is 11.3 Å². The van der Waals surface area contributed by atoms with E-state index in [9.17, 15) is 0 Å². The van der Waals surface area contributed by atoms with Crippen molar-refractivity contribution in [2.45, 2.75) is 0 Å². The van der Waals surface area contributed by atoms with Gasteiger partial charge in [0.15, 0.2) is 5.13 Å². The summed E-state index contributed by atoms with van der Waals surface area (Å²) in [7, 11) is 2.07. The van der Waals surface area contributed by atoms with Crippen molar-refractivity contribution in [2.75, 3.05) is 37.6 Å². The largest absolute Gasteiger partial charge is 0.351 e. The Bertz CT molecular complexity index is 877. The normalized spacial score (nSPS) is 15.5. The molecule has 1 aliphatic rings. The molecule has 5 heteroatoms. The molecule has 0 bridgehead atoms. The van der Waals surface area contributed by atoms with Gasteiger partial charge in [-0.05, 0) is 23.6 Å². The van der Waals surface area contributed by atoms with Crippen molar-refractivity contribution >= 4 is 27.4 Å². The summed E-state index contributed by atoms with van der Waals surface area (Å²) in [4.78, 5) is 9.16. The lowest BCUT2D eigenvalue weighted by molar-refractivity contribution is 0.288. The first-order valence-corrected chi connectivity index (χ1v) is 9.08. The van der Waals surface area contributed by atoms with E-state index in [0.29, 0.717) is 0 Å². The third-order valence-corrected chi connectivity index (χ3v) is 5.32. The molecule has 1 saturated heterocycles. The Morgan fingerprint density at radius 1 is 1.17 bits per heavy atom. The SMILES string of the molecule is Cn1ccc2ccc(C#CCN3CCN(c4nccs4)CC3)cc21. The highest BCUT2D eigenvalue weighted by atomic mass is 32.1. The lowest BCUT2D eigenvalue weighted by atomic mass is 10.1. The van der Waals surface area contributed by atoms with Crippen LogP contribution >= 0.6 is 11.3 Å². The number of aromatic nitrogens is 2. The highest BCUT2D eigenvalue weighted by molar-refractivity contribution is 7.13. The van der Waals surface area contributed by atoms with Crippen molar-refractivity contribution in [1.82, 2.24) is 14.5 Å². The van der Waals surface area contributed by atoms with Crippen LogP contribution in [0.4, 0.5) is 5.13 Å². The fraction of sp³-hybridized carbons (Fsp3) is 0.316. The van der Waals surface area contributed by atoms with Gasteiger partial charge >= 0.3 is 0 Å². The molecule has 4 nitrogen and oxygen atoms in total. The molecule has 0 saturated carbocycles. The summed E-state index contributed by atoms with van der Waals surface area (Å²) >= 11 is 1.71. The molecular weight excluding hydrogens is 316 g/mol. The quantitative estimate of drug-likeness (QED) is 0.673. The van der Waals surface area contributed by atoms with Gasteiger partial charge in [0.05, 0.1) is 6.54 Å². The van der Waals surface area contributed by atoms with Crippen LogP contribution in [0.1, 0.15) is 5.56 Å². The second-order valence-electron chi connectivity index (χ2n) is 6.08. The molecule has 3 heterocycles. The number of nitrogens with zero attached hydrogens (tertiary/aromatic N) is 4. The fourth-order valence-corrected chi connectivity index (χ4v) is 3.76. The minimum Gasteiger partial charge on any atom is -0.351 e. The molecule has 0 radical (unpaired) electrons. The molecule has 0 aliphatic carbocycles. The molecular formula is C19H20N4S. The third kappa shape index (κ3) is 3.16. The molecule has 2 aromatic heterocycles. The topological polar surface area (TPSA) is 24.3 Å². The number of anilines is 1. The number of hydrogen-bond donors (Lipinski definition) is 0. The Morgan fingerprint density at radius 2 is 2.04 bits per heavy atom. The monoisotopic (exact) mass is 336 g/mol. The van der Waals surface area contributed by atoms with Crippen LogP contribution in [0.3, 0.4) is 0 Å². The number of benzene rings is 1. The second kappa shape index (κ2) is 6.68. The standard InChI is InChI=1S/C19H20N4S/c1-21-9-6-17-5-4-16(15-18(17)21)3-2-8-22-10-12-23(13-11-22)19-20-7-14-24-19/h4-7,9,14-15H,8,10-13H2,1H3. The van der Waals surface area contributed by atoms with Crippen molar-refractivity contribution in [2.24, 2.45) is 7.05 Å². The summed E-state index contributed by atoms with van der Waals surface area (Å²) in [5, 5.41) is 4.44. The van der Waals surface area contributed by atoms with Crippen molar-refractivity contribution in [3.05, 3.63) is 47.6 Å². The van der Waals surface area contributed by atoms with Gasteiger partial charge in [-0.25, -0.2) is 4.98 Å². The summed E-state index contributed by atoms with van der Waals surface area (Å²) in [5.41, 5.74) is 2.32. The van der Waals surface area contributed by atoms with Gasteiger partial charge in [-0.2, -0.15) is 0 Å². The maximum Gasteiger partial charge on any atom is 0.185 e. The summed E-state index contributed by atoms with van der Waals surface area (Å²) < 4.78 is 2.14. The van der Waals surface area contributed by atoms with Crippen LogP contribution < -0.4 is 4.90 Å². The first-order valence-electron chi connectivity index (χ1n) is 8.20. The average molecular weight is 336 g/mol. The predicted octanol–water partition coefficient (Wildman–Crippen LogP) is 2.81. The van der Waals surface area contributed by atoms with Crippen LogP contribution in [0.5, 0.6) is 0 Å². The zero-order chi connectivity index (χ0) is 16.4. The van der Waals surface area contributed by atoms with Crippen molar-refractivity contribution in [3.63, 3.8) is 0 Å². The minimum atomic E-state index is 0.830. The van der Waals surface area contributed by atoms with Crippen molar-refractivity contribution < 1.29 is 0 Å². The van der Waals surface area contributed by atoms with Gasteiger partial charge in [-0.1, -0.05) is 17.9 Å². The van der Waals surface area contributed by atoms with Gasteiger partial charge in [0.2, 0.25) is 0 Å². The smallest absolute Gasteiger partial charge is 0.185 e. The van der Waals surface area contributed by atoms with Crippen LogP contribution in [-0.4, -0.2) is 47.2 Å². The predicted molar refractivity (Wildman–Crippen MR) is 101 cm³/mol. The van der Waals surface area contributed by atoms with Crippen LogP contribution in [0, 0.1) is 11.8 Å². The molecule has 0 amide bonds. The van der Waals surface area contributed by atoms with E-state index in [1.165, 1.54) is 10.9 Å². The maximum absolute atomic E-state index is 4.39. The summed E-state index contributed by atoms with van der Waals surface area (Å²) in [5.74, 6) is 6.64. The third-order valence-electron chi connectivity index (χ3n) is 4.49. The first kappa shape index (κ1) is 15.3. The molecule has 0 unspecified atom stereocenters. The van der Waals surface area contributed by atoms with Crippen molar-refractivity contribution in [3.8, 4) is 11.8 Å². The lowest BCUT2D eigenvalue weighted by Gasteiger charge is -2.33. The highest BCUT2D eigenvalue weighted by Gasteiger charge is 2.17. The van der Waals surface area contributed by atoms with Crippen LogP contribution in [0.15, 0.2) is 42.0 Å². The zero-order valence-electron chi connectivity index (χ0n) is 13.8. The van der Waals surface area contributed by atoms with Gasteiger partial charge in [-0.3, -0.25) is 4.90 Å². The number of rotatable bonds is 2. The average Bonchev–Trinajstić information content (AvgIpc) is 3.26. The van der Waals surface area contributed by atoms with E-state index in [0.717, 1.165) is 43.4 Å².